The zero-order valence-electron chi connectivity index (χ0n) is 12.0. The highest BCUT2D eigenvalue weighted by molar-refractivity contribution is 5.70. The fourth-order valence-corrected chi connectivity index (χ4v) is 2.42. The lowest BCUT2D eigenvalue weighted by Crippen LogP contribution is -2.44. The first-order valence-corrected chi connectivity index (χ1v) is 6.92. The molecule has 1 saturated heterocycles. The highest BCUT2D eigenvalue weighted by atomic mass is 19.1. The summed E-state index contributed by atoms with van der Waals surface area (Å²) in [5.41, 5.74) is 1.35. The summed E-state index contributed by atoms with van der Waals surface area (Å²) in [5.74, 6) is -1.61. The van der Waals surface area contributed by atoms with E-state index in [1.807, 2.05) is 11.0 Å². The van der Waals surface area contributed by atoms with Crippen LogP contribution >= 0.6 is 0 Å². The molecule has 1 fully saturated rings. The molecule has 1 unspecified atom stereocenters. The molecule has 0 amide bonds. The van der Waals surface area contributed by atoms with E-state index in [1.54, 1.807) is 13.0 Å². The van der Waals surface area contributed by atoms with Crippen LogP contribution in [0.15, 0.2) is 18.2 Å². The van der Waals surface area contributed by atoms with Crippen molar-refractivity contribution in [2.45, 2.75) is 13.3 Å². The molecule has 1 heterocycles. The van der Waals surface area contributed by atoms with Crippen molar-refractivity contribution in [3.05, 3.63) is 29.6 Å². The zero-order valence-corrected chi connectivity index (χ0v) is 12.0. The van der Waals surface area contributed by atoms with Crippen LogP contribution < -0.4 is 4.90 Å². The second-order valence-corrected chi connectivity index (χ2v) is 5.52. The molecule has 1 aliphatic heterocycles. The maximum Gasteiger partial charge on any atom is 0.306 e. The third kappa shape index (κ3) is 3.48. The van der Waals surface area contributed by atoms with E-state index >= 15 is 0 Å². The number of carboxylic acids is 1. The Balaban J connectivity index is 2.08. The van der Waals surface area contributed by atoms with E-state index in [2.05, 4.69) is 11.9 Å². The predicted octanol–water partition coefficient (Wildman–Crippen LogP) is 1.84. The van der Waals surface area contributed by atoms with Crippen LogP contribution in [0.2, 0.25) is 0 Å². The molecule has 110 valence electrons. The Hall–Kier alpha value is -1.62. The molecule has 0 bridgehead atoms. The Morgan fingerprint density at radius 2 is 2.00 bits per heavy atom. The van der Waals surface area contributed by atoms with Crippen LogP contribution in [-0.4, -0.2) is 49.2 Å². The van der Waals surface area contributed by atoms with Crippen molar-refractivity contribution in [3.8, 4) is 0 Å². The Bertz CT molecular complexity index is 485. The van der Waals surface area contributed by atoms with Gasteiger partial charge in [-0.15, -0.1) is 0 Å². The second-order valence-electron chi connectivity index (χ2n) is 5.52. The molecule has 1 aromatic rings. The van der Waals surface area contributed by atoms with Crippen molar-refractivity contribution in [3.63, 3.8) is 0 Å². The van der Waals surface area contributed by atoms with Crippen molar-refractivity contribution >= 4 is 11.7 Å². The van der Waals surface area contributed by atoms with Gasteiger partial charge in [0, 0.05) is 26.2 Å². The number of carboxylic acid groups (broad SMARTS) is 1. The molecule has 0 radical (unpaired) electrons. The normalized spacial score (nSPS) is 18.1. The van der Waals surface area contributed by atoms with Gasteiger partial charge in [0.2, 0.25) is 0 Å². The fraction of sp³-hybridized carbons (Fsp3) is 0.533. The minimum atomic E-state index is -0.853. The summed E-state index contributed by atoms with van der Waals surface area (Å²) in [6, 6.07) is 5.06. The van der Waals surface area contributed by atoms with Gasteiger partial charge in [-0.3, -0.25) is 4.79 Å². The molecule has 1 aromatic carbocycles. The Kier molecular flexibility index (Phi) is 4.60. The van der Waals surface area contributed by atoms with Gasteiger partial charge in [0.05, 0.1) is 11.6 Å². The maximum absolute atomic E-state index is 14.2. The number of carbonyl (C=O) groups is 1. The molecule has 20 heavy (non-hydrogen) atoms. The summed E-state index contributed by atoms with van der Waals surface area (Å²) >= 11 is 0. The largest absolute Gasteiger partial charge is 0.481 e. The number of nitrogens with zero attached hydrogens (tertiary/aromatic N) is 2. The Morgan fingerprint density at radius 1 is 1.35 bits per heavy atom. The van der Waals surface area contributed by atoms with E-state index in [4.69, 9.17) is 5.11 Å². The molecule has 0 aromatic heterocycles. The Morgan fingerprint density at radius 3 is 2.55 bits per heavy atom. The smallest absolute Gasteiger partial charge is 0.306 e. The quantitative estimate of drug-likeness (QED) is 0.914. The van der Waals surface area contributed by atoms with Crippen molar-refractivity contribution in [1.29, 1.82) is 0 Å². The molecule has 1 N–H and O–H groups in total. The fourth-order valence-electron chi connectivity index (χ4n) is 2.42. The van der Waals surface area contributed by atoms with Gasteiger partial charge in [0.15, 0.2) is 0 Å². The molecule has 0 aliphatic carbocycles. The van der Waals surface area contributed by atoms with Crippen LogP contribution in [0.3, 0.4) is 0 Å². The number of hydrogen-bond donors (Lipinski definition) is 1. The average Bonchev–Trinajstić information content (AvgIpc) is 2.40. The third-order valence-corrected chi connectivity index (χ3v) is 3.82. The van der Waals surface area contributed by atoms with E-state index in [1.165, 1.54) is 6.07 Å². The number of aliphatic carboxylic acids is 1. The number of anilines is 1. The summed E-state index contributed by atoms with van der Waals surface area (Å²) < 4.78 is 14.2. The average molecular weight is 280 g/mol. The molecular formula is C15H21FN2O2. The van der Waals surface area contributed by atoms with Crippen molar-refractivity contribution in [1.82, 2.24) is 4.90 Å². The van der Waals surface area contributed by atoms with Gasteiger partial charge in [-0.05, 0) is 31.2 Å². The zero-order chi connectivity index (χ0) is 14.7. The maximum atomic E-state index is 14.2. The van der Waals surface area contributed by atoms with E-state index < -0.39 is 11.9 Å². The summed E-state index contributed by atoms with van der Waals surface area (Å²) in [4.78, 5) is 15.1. The van der Waals surface area contributed by atoms with Crippen molar-refractivity contribution < 1.29 is 14.3 Å². The van der Waals surface area contributed by atoms with E-state index in [-0.39, 0.29) is 5.82 Å². The van der Waals surface area contributed by atoms with E-state index in [0.29, 0.717) is 12.1 Å². The predicted molar refractivity (Wildman–Crippen MR) is 76.6 cm³/mol. The molecule has 4 nitrogen and oxygen atoms in total. The summed E-state index contributed by atoms with van der Waals surface area (Å²) in [5, 5.41) is 8.89. The summed E-state index contributed by atoms with van der Waals surface area (Å²) in [6.45, 7) is 5.12. The lowest BCUT2D eigenvalue weighted by molar-refractivity contribution is -0.141. The number of likely N-dealkylation sites (N-methyl/N-ethyl adjacent to an activating group) is 1. The van der Waals surface area contributed by atoms with Gasteiger partial charge in [-0.25, -0.2) is 4.39 Å². The number of benzene rings is 1. The van der Waals surface area contributed by atoms with E-state index in [0.717, 1.165) is 31.7 Å². The van der Waals surface area contributed by atoms with Gasteiger partial charge in [-0.2, -0.15) is 0 Å². The standard InChI is InChI=1S/C15H21FN2O2/c1-11(15(19)20)9-12-3-4-14(13(16)10-12)18-7-5-17(2)6-8-18/h3-4,10-11H,5-9H2,1-2H3,(H,19,20). The minimum Gasteiger partial charge on any atom is -0.481 e. The number of piperazine rings is 1. The summed E-state index contributed by atoms with van der Waals surface area (Å²) in [6.07, 6.45) is 0.356. The lowest BCUT2D eigenvalue weighted by Gasteiger charge is -2.34. The highest BCUT2D eigenvalue weighted by Crippen LogP contribution is 2.23. The van der Waals surface area contributed by atoms with Crippen LogP contribution in [0, 0.1) is 11.7 Å². The highest BCUT2D eigenvalue weighted by Gasteiger charge is 2.18. The molecule has 2 rings (SSSR count). The molecular weight excluding hydrogens is 259 g/mol. The topological polar surface area (TPSA) is 43.8 Å². The third-order valence-electron chi connectivity index (χ3n) is 3.82. The lowest BCUT2D eigenvalue weighted by atomic mass is 10.0. The second kappa shape index (κ2) is 6.22. The first kappa shape index (κ1) is 14.8. The number of halogens is 1. The number of hydrogen-bond acceptors (Lipinski definition) is 3. The van der Waals surface area contributed by atoms with E-state index in [9.17, 15) is 9.18 Å². The molecule has 1 atom stereocenters. The van der Waals surface area contributed by atoms with Crippen LogP contribution in [-0.2, 0) is 11.2 Å². The van der Waals surface area contributed by atoms with Gasteiger partial charge in [0.1, 0.15) is 5.82 Å². The van der Waals surface area contributed by atoms with Gasteiger partial charge < -0.3 is 14.9 Å². The Labute approximate surface area is 118 Å². The van der Waals surface area contributed by atoms with Crippen LogP contribution in [0.25, 0.3) is 0 Å². The molecule has 5 heteroatoms. The van der Waals surface area contributed by atoms with Crippen molar-refractivity contribution in [2.24, 2.45) is 5.92 Å². The van der Waals surface area contributed by atoms with Gasteiger partial charge in [0.25, 0.3) is 0 Å². The molecule has 0 spiro atoms. The summed E-state index contributed by atoms with van der Waals surface area (Å²) in [7, 11) is 2.06. The van der Waals surface area contributed by atoms with Gasteiger partial charge in [-0.1, -0.05) is 13.0 Å². The first-order valence-electron chi connectivity index (χ1n) is 6.92. The monoisotopic (exact) mass is 280 g/mol. The van der Waals surface area contributed by atoms with Gasteiger partial charge >= 0.3 is 5.97 Å². The van der Waals surface area contributed by atoms with Crippen LogP contribution in [0.4, 0.5) is 10.1 Å². The molecule has 0 saturated carbocycles. The molecule has 1 aliphatic rings. The van der Waals surface area contributed by atoms with Crippen LogP contribution in [0.5, 0.6) is 0 Å². The number of rotatable bonds is 4. The minimum absolute atomic E-state index is 0.260. The van der Waals surface area contributed by atoms with Crippen LogP contribution in [0.1, 0.15) is 12.5 Å². The van der Waals surface area contributed by atoms with Crippen molar-refractivity contribution in [2.75, 3.05) is 38.1 Å². The first-order chi connectivity index (χ1) is 9.47. The SMILES string of the molecule is CC(Cc1ccc(N2CCN(C)CC2)c(F)c1)C(=O)O.